The number of anilines is 2. The third kappa shape index (κ3) is 2.89. The molecule has 25 heavy (non-hydrogen) atoms. The van der Waals surface area contributed by atoms with E-state index in [0.29, 0.717) is 5.65 Å². The van der Waals surface area contributed by atoms with E-state index >= 15 is 0 Å². The van der Waals surface area contributed by atoms with Crippen molar-refractivity contribution in [3.63, 3.8) is 0 Å². The number of halogens is 1. The summed E-state index contributed by atoms with van der Waals surface area (Å²) in [6, 6.07) is 15.8. The van der Waals surface area contributed by atoms with Crippen molar-refractivity contribution in [1.29, 1.82) is 0 Å². The molecule has 0 aliphatic rings. The highest BCUT2D eigenvalue weighted by atomic mass is 19.1. The van der Waals surface area contributed by atoms with Gasteiger partial charge in [0.25, 0.3) is 0 Å². The third-order valence-corrected chi connectivity index (χ3v) is 3.92. The molecule has 0 spiro atoms. The minimum atomic E-state index is -0.268. The lowest BCUT2D eigenvalue weighted by Gasteiger charge is -2.09. The summed E-state index contributed by atoms with van der Waals surface area (Å²) in [7, 11) is 1.63. The van der Waals surface area contributed by atoms with Crippen LogP contribution < -0.4 is 10.1 Å². The van der Waals surface area contributed by atoms with Crippen LogP contribution >= 0.6 is 0 Å². The normalized spacial score (nSPS) is 10.8. The van der Waals surface area contributed by atoms with E-state index in [9.17, 15) is 4.39 Å². The molecule has 6 heteroatoms. The summed E-state index contributed by atoms with van der Waals surface area (Å²) >= 11 is 0. The van der Waals surface area contributed by atoms with Gasteiger partial charge in [-0.1, -0.05) is 12.1 Å². The van der Waals surface area contributed by atoms with Crippen LogP contribution in [0.15, 0.2) is 67.0 Å². The first-order valence-corrected chi connectivity index (χ1v) is 7.74. The fourth-order valence-corrected chi connectivity index (χ4v) is 2.64. The van der Waals surface area contributed by atoms with Gasteiger partial charge in [-0.3, -0.25) is 0 Å². The van der Waals surface area contributed by atoms with Crippen LogP contribution in [-0.4, -0.2) is 21.7 Å². The molecule has 0 saturated heterocycles. The molecule has 0 atom stereocenters. The summed E-state index contributed by atoms with van der Waals surface area (Å²) in [5, 5.41) is 7.74. The van der Waals surface area contributed by atoms with Gasteiger partial charge in [-0.15, -0.1) is 0 Å². The quantitative estimate of drug-likeness (QED) is 0.605. The predicted molar refractivity (Wildman–Crippen MR) is 94.7 cm³/mol. The summed E-state index contributed by atoms with van der Waals surface area (Å²) in [5.41, 5.74) is 3.32. The average molecular weight is 334 g/mol. The first-order valence-electron chi connectivity index (χ1n) is 7.74. The van der Waals surface area contributed by atoms with Gasteiger partial charge in [0.2, 0.25) is 0 Å². The summed E-state index contributed by atoms with van der Waals surface area (Å²) in [6.07, 6.45) is 3.45. The molecule has 0 saturated carbocycles. The molecule has 1 N–H and O–H groups in total. The van der Waals surface area contributed by atoms with E-state index in [1.807, 2.05) is 30.3 Å². The molecule has 2 heterocycles. The van der Waals surface area contributed by atoms with Crippen LogP contribution in [0.4, 0.5) is 15.9 Å². The Kier molecular flexibility index (Phi) is 3.78. The number of benzene rings is 2. The van der Waals surface area contributed by atoms with Crippen molar-refractivity contribution in [2.75, 3.05) is 12.4 Å². The van der Waals surface area contributed by atoms with Crippen molar-refractivity contribution >= 4 is 17.2 Å². The van der Waals surface area contributed by atoms with Crippen LogP contribution in [-0.2, 0) is 0 Å². The van der Waals surface area contributed by atoms with Crippen molar-refractivity contribution < 1.29 is 9.13 Å². The van der Waals surface area contributed by atoms with E-state index in [2.05, 4.69) is 15.4 Å². The molecule has 4 aromatic rings. The Morgan fingerprint density at radius 3 is 2.48 bits per heavy atom. The first-order chi connectivity index (χ1) is 12.2. The average Bonchev–Trinajstić information content (AvgIpc) is 3.08. The van der Waals surface area contributed by atoms with E-state index in [0.717, 1.165) is 28.4 Å². The number of fused-ring (bicyclic) bond motifs is 1. The molecular formula is C19H15FN4O. The fourth-order valence-electron chi connectivity index (χ4n) is 2.64. The predicted octanol–water partition coefficient (Wildman–Crippen LogP) is 4.29. The Balaban J connectivity index is 1.72. The lowest BCUT2D eigenvalue weighted by Crippen LogP contribution is -2.00. The second-order valence-electron chi connectivity index (χ2n) is 5.48. The number of hydrogen-bond acceptors (Lipinski definition) is 4. The lowest BCUT2D eigenvalue weighted by molar-refractivity contribution is 0.415. The molecule has 0 unspecified atom stereocenters. The molecule has 124 valence electrons. The highest BCUT2D eigenvalue weighted by Gasteiger charge is 2.11. The van der Waals surface area contributed by atoms with Crippen molar-refractivity contribution in [2.45, 2.75) is 0 Å². The molecule has 0 fully saturated rings. The smallest absolute Gasteiger partial charge is 0.165 e. The molecule has 2 aromatic heterocycles. The standard InChI is InChI=1S/C19H15FN4O/c1-25-16-8-6-15(7-9-16)23-18-10-11-21-19-17(12-22-24(18)19)13-2-4-14(20)5-3-13/h2-12,23H,1H3. The van der Waals surface area contributed by atoms with Crippen LogP contribution in [0.25, 0.3) is 16.8 Å². The minimum Gasteiger partial charge on any atom is -0.497 e. The maximum Gasteiger partial charge on any atom is 0.165 e. The number of ether oxygens (including phenoxy) is 1. The fraction of sp³-hybridized carbons (Fsp3) is 0.0526. The Hall–Kier alpha value is -3.41. The zero-order valence-electron chi connectivity index (χ0n) is 13.5. The molecule has 0 bridgehead atoms. The maximum atomic E-state index is 13.1. The highest BCUT2D eigenvalue weighted by Crippen LogP contribution is 2.26. The molecule has 5 nitrogen and oxygen atoms in total. The molecule has 0 amide bonds. The second kappa shape index (κ2) is 6.24. The van der Waals surface area contributed by atoms with Gasteiger partial charge in [-0.05, 0) is 48.0 Å². The first kappa shape index (κ1) is 15.1. The van der Waals surface area contributed by atoms with Crippen molar-refractivity contribution in [3.05, 3.63) is 72.8 Å². The van der Waals surface area contributed by atoms with Gasteiger partial charge in [-0.25, -0.2) is 9.37 Å². The maximum absolute atomic E-state index is 13.1. The summed E-state index contributed by atoms with van der Waals surface area (Å²) in [4.78, 5) is 4.42. The second-order valence-corrected chi connectivity index (χ2v) is 5.48. The monoisotopic (exact) mass is 334 g/mol. The van der Waals surface area contributed by atoms with Crippen LogP contribution in [0.3, 0.4) is 0 Å². The van der Waals surface area contributed by atoms with E-state index < -0.39 is 0 Å². The van der Waals surface area contributed by atoms with E-state index in [4.69, 9.17) is 4.74 Å². The topological polar surface area (TPSA) is 51.5 Å². The Morgan fingerprint density at radius 2 is 1.76 bits per heavy atom. The van der Waals surface area contributed by atoms with Gasteiger partial charge < -0.3 is 10.1 Å². The van der Waals surface area contributed by atoms with Gasteiger partial charge in [0.1, 0.15) is 17.4 Å². The minimum absolute atomic E-state index is 0.268. The van der Waals surface area contributed by atoms with Crippen molar-refractivity contribution in [1.82, 2.24) is 14.6 Å². The lowest BCUT2D eigenvalue weighted by atomic mass is 10.1. The molecular weight excluding hydrogens is 319 g/mol. The Labute approximate surface area is 143 Å². The number of rotatable bonds is 4. The summed E-state index contributed by atoms with van der Waals surface area (Å²) < 4.78 is 20.0. The van der Waals surface area contributed by atoms with Crippen LogP contribution in [0, 0.1) is 5.82 Å². The Morgan fingerprint density at radius 1 is 1.00 bits per heavy atom. The summed E-state index contributed by atoms with van der Waals surface area (Å²) in [5.74, 6) is 1.31. The van der Waals surface area contributed by atoms with E-state index in [1.165, 1.54) is 12.1 Å². The number of nitrogens with one attached hydrogen (secondary N) is 1. The largest absolute Gasteiger partial charge is 0.497 e. The molecule has 0 radical (unpaired) electrons. The number of aromatic nitrogens is 3. The molecule has 2 aromatic carbocycles. The van der Waals surface area contributed by atoms with Crippen molar-refractivity contribution in [2.24, 2.45) is 0 Å². The molecule has 0 aliphatic carbocycles. The van der Waals surface area contributed by atoms with E-state index in [-0.39, 0.29) is 5.82 Å². The highest BCUT2D eigenvalue weighted by molar-refractivity contribution is 5.78. The third-order valence-electron chi connectivity index (χ3n) is 3.92. The van der Waals surface area contributed by atoms with Gasteiger partial charge in [0.15, 0.2) is 5.65 Å². The SMILES string of the molecule is COc1ccc(Nc2ccnc3c(-c4ccc(F)cc4)cnn23)cc1. The van der Waals surface area contributed by atoms with Crippen LogP contribution in [0.1, 0.15) is 0 Å². The zero-order chi connectivity index (χ0) is 17.2. The van der Waals surface area contributed by atoms with Gasteiger partial charge in [0.05, 0.1) is 13.3 Å². The summed E-state index contributed by atoms with van der Waals surface area (Å²) in [6.45, 7) is 0. The number of nitrogens with zero attached hydrogens (tertiary/aromatic N) is 3. The number of methoxy groups -OCH3 is 1. The zero-order valence-corrected chi connectivity index (χ0v) is 13.5. The van der Waals surface area contributed by atoms with Crippen LogP contribution in [0.5, 0.6) is 5.75 Å². The van der Waals surface area contributed by atoms with Crippen molar-refractivity contribution in [3.8, 4) is 16.9 Å². The Bertz CT molecular complexity index is 1010. The number of hydrogen-bond donors (Lipinski definition) is 1. The molecule has 0 aliphatic heterocycles. The van der Waals surface area contributed by atoms with Crippen LogP contribution in [0.2, 0.25) is 0 Å². The molecule has 4 rings (SSSR count). The van der Waals surface area contributed by atoms with E-state index in [1.54, 1.807) is 36.2 Å². The van der Waals surface area contributed by atoms with Gasteiger partial charge in [-0.2, -0.15) is 9.61 Å². The van der Waals surface area contributed by atoms with Gasteiger partial charge >= 0.3 is 0 Å². The van der Waals surface area contributed by atoms with Gasteiger partial charge in [0, 0.05) is 17.4 Å².